The van der Waals surface area contributed by atoms with Gasteiger partial charge in [-0.3, -0.25) is 4.79 Å². The number of nitrogens with one attached hydrogen (secondary N) is 1. The predicted octanol–water partition coefficient (Wildman–Crippen LogP) is 5.47. The van der Waals surface area contributed by atoms with E-state index in [4.69, 9.17) is 23.2 Å². The summed E-state index contributed by atoms with van der Waals surface area (Å²) in [7, 11) is 0. The molecule has 2 rings (SSSR count). The number of hydrogen-bond donors (Lipinski definition) is 1. The first-order chi connectivity index (χ1) is 9.06. The van der Waals surface area contributed by atoms with Crippen molar-refractivity contribution in [2.24, 2.45) is 0 Å². The fourth-order valence-electron chi connectivity index (χ4n) is 1.35. The average Bonchev–Trinajstić information content (AvgIpc) is 2.78. The molecule has 6 heteroatoms. The molecule has 98 valence electrons. The molecular weight excluding hydrogens is 369 g/mol. The molecule has 0 spiro atoms. The molecule has 0 bridgehead atoms. The largest absolute Gasteiger partial charge is 0.321 e. The van der Waals surface area contributed by atoms with Crippen molar-refractivity contribution in [2.45, 2.75) is 0 Å². The fourth-order valence-corrected chi connectivity index (χ4v) is 3.03. The fraction of sp³-hybridized carbons (Fsp3) is 0. The number of halogens is 3. The van der Waals surface area contributed by atoms with E-state index in [0.717, 1.165) is 9.35 Å². The lowest BCUT2D eigenvalue weighted by Gasteiger charge is -2.05. The van der Waals surface area contributed by atoms with Crippen molar-refractivity contribution in [3.05, 3.63) is 55.1 Å². The number of amides is 1. The summed E-state index contributed by atoms with van der Waals surface area (Å²) >= 11 is 16.7. The Kier molecular flexibility index (Phi) is 5.05. The van der Waals surface area contributed by atoms with Gasteiger partial charge < -0.3 is 5.32 Å². The van der Waals surface area contributed by atoms with Crippen LogP contribution in [0.5, 0.6) is 0 Å². The summed E-state index contributed by atoms with van der Waals surface area (Å²) in [5, 5.41) is 5.37. The first-order valence-corrected chi connectivity index (χ1v) is 7.66. The third-order valence-electron chi connectivity index (χ3n) is 2.20. The van der Waals surface area contributed by atoms with Crippen LogP contribution in [0.2, 0.25) is 10.0 Å². The van der Waals surface area contributed by atoms with Gasteiger partial charge in [0.15, 0.2) is 0 Å². The number of anilines is 1. The molecule has 1 N–H and O–H groups in total. The topological polar surface area (TPSA) is 29.1 Å². The number of rotatable bonds is 3. The molecule has 0 radical (unpaired) electrons. The lowest BCUT2D eigenvalue weighted by atomic mass is 10.3. The summed E-state index contributed by atoms with van der Waals surface area (Å²) in [5.41, 5.74) is 0.496. The maximum absolute atomic E-state index is 11.7. The zero-order valence-electron chi connectivity index (χ0n) is 9.49. The summed E-state index contributed by atoms with van der Waals surface area (Å²) in [6.07, 6.45) is 3.19. The van der Waals surface area contributed by atoms with Gasteiger partial charge in [0.2, 0.25) is 5.91 Å². The number of carbonyl (C=O) groups excluding carboxylic acids is 1. The lowest BCUT2D eigenvalue weighted by molar-refractivity contribution is -0.111. The van der Waals surface area contributed by atoms with Crippen LogP contribution < -0.4 is 5.32 Å². The third-order valence-corrected chi connectivity index (χ3v) is 4.67. The van der Waals surface area contributed by atoms with Crippen LogP contribution in [-0.4, -0.2) is 5.91 Å². The Morgan fingerprint density at radius 1 is 1.37 bits per heavy atom. The second-order valence-corrected chi connectivity index (χ2v) is 6.23. The van der Waals surface area contributed by atoms with Gasteiger partial charge in [-0.05, 0) is 40.2 Å². The quantitative estimate of drug-likeness (QED) is 0.707. The summed E-state index contributed by atoms with van der Waals surface area (Å²) < 4.78 is 0.996. The van der Waals surface area contributed by atoms with Crippen molar-refractivity contribution < 1.29 is 4.79 Å². The van der Waals surface area contributed by atoms with Crippen LogP contribution in [0.3, 0.4) is 0 Å². The molecule has 1 aromatic heterocycles. The van der Waals surface area contributed by atoms with Gasteiger partial charge in [0.05, 0.1) is 15.7 Å². The van der Waals surface area contributed by atoms with Gasteiger partial charge in [0.1, 0.15) is 0 Å². The molecule has 0 saturated heterocycles. The normalized spacial score (nSPS) is 10.9. The highest BCUT2D eigenvalue weighted by Crippen LogP contribution is 2.29. The van der Waals surface area contributed by atoms with Crippen molar-refractivity contribution >= 4 is 68.1 Å². The Bertz CT molecular complexity index is 639. The van der Waals surface area contributed by atoms with Crippen LogP contribution >= 0.6 is 50.5 Å². The molecule has 0 aliphatic rings. The Labute approximate surface area is 133 Å². The van der Waals surface area contributed by atoms with E-state index in [2.05, 4.69) is 21.2 Å². The zero-order chi connectivity index (χ0) is 13.8. The van der Waals surface area contributed by atoms with Crippen molar-refractivity contribution in [2.75, 3.05) is 5.32 Å². The minimum atomic E-state index is -0.256. The molecule has 0 atom stereocenters. The van der Waals surface area contributed by atoms with Crippen LogP contribution in [0.15, 0.2) is 40.2 Å². The maximum atomic E-state index is 11.7. The molecular formula is C13H8BrCl2NOS. The predicted molar refractivity (Wildman–Crippen MR) is 86.1 cm³/mol. The van der Waals surface area contributed by atoms with Crippen LogP contribution in [0.25, 0.3) is 6.08 Å². The minimum absolute atomic E-state index is 0.256. The number of carbonyl (C=O) groups is 1. The van der Waals surface area contributed by atoms with Crippen LogP contribution in [0, 0.1) is 0 Å². The highest BCUT2D eigenvalue weighted by atomic mass is 79.9. The van der Waals surface area contributed by atoms with E-state index in [1.807, 2.05) is 11.4 Å². The number of hydrogen-bond acceptors (Lipinski definition) is 2. The molecule has 0 unspecified atom stereocenters. The molecule has 1 aromatic carbocycles. The molecule has 1 amide bonds. The lowest BCUT2D eigenvalue weighted by Crippen LogP contribution is -2.08. The smallest absolute Gasteiger partial charge is 0.248 e. The number of thiophene rings is 1. The summed E-state index contributed by atoms with van der Waals surface area (Å²) in [6, 6.07) is 7.02. The van der Waals surface area contributed by atoms with E-state index in [9.17, 15) is 4.79 Å². The summed E-state index contributed by atoms with van der Waals surface area (Å²) in [6.45, 7) is 0. The van der Waals surface area contributed by atoms with E-state index in [-0.39, 0.29) is 5.91 Å². The molecule has 1 heterocycles. The minimum Gasteiger partial charge on any atom is -0.321 e. The Hall–Kier alpha value is -0.810. The van der Waals surface area contributed by atoms with Crippen LogP contribution in [-0.2, 0) is 4.79 Å². The van der Waals surface area contributed by atoms with E-state index in [1.54, 1.807) is 35.6 Å². The standard InChI is InChI=1S/C13H8BrCl2NOS/c14-8-6-9(19-7-8)4-5-12(18)17-11-3-1-2-10(15)13(11)16/h1-7H,(H,17,18). The SMILES string of the molecule is O=C(C=Cc1cc(Br)cs1)Nc1cccc(Cl)c1Cl. The van der Waals surface area contributed by atoms with E-state index in [1.165, 1.54) is 6.08 Å². The first-order valence-electron chi connectivity index (χ1n) is 5.23. The molecule has 2 nitrogen and oxygen atoms in total. The molecule has 19 heavy (non-hydrogen) atoms. The highest BCUT2D eigenvalue weighted by Gasteiger charge is 2.06. The van der Waals surface area contributed by atoms with Crippen molar-refractivity contribution in [1.29, 1.82) is 0 Å². The second kappa shape index (κ2) is 6.57. The average molecular weight is 377 g/mol. The maximum Gasteiger partial charge on any atom is 0.248 e. The van der Waals surface area contributed by atoms with Gasteiger partial charge in [0, 0.05) is 20.8 Å². The second-order valence-electron chi connectivity index (χ2n) is 3.59. The van der Waals surface area contributed by atoms with Gasteiger partial charge in [-0.25, -0.2) is 0 Å². The molecule has 0 saturated carbocycles. The Morgan fingerprint density at radius 2 is 2.16 bits per heavy atom. The Balaban J connectivity index is 2.05. The van der Waals surface area contributed by atoms with Crippen LogP contribution in [0.1, 0.15) is 4.88 Å². The van der Waals surface area contributed by atoms with Gasteiger partial charge >= 0.3 is 0 Å². The molecule has 0 fully saturated rings. The number of benzene rings is 1. The Morgan fingerprint density at radius 3 is 2.84 bits per heavy atom. The van der Waals surface area contributed by atoms with E-state index >= 15 is 0 Å². The highest BCUT2D eigenvalue weighted by molar-refractivity contribution is 9.10. The van der Waals surface area contributed by atoms with Crippen molar-refractivity contribution in [3.63, 3.8) is 0 Å². The van der Waals surface area contributed by atoms with E-state index in [0.29, 0.717) is 15.7 Å². The van der Waals surface area contributed by atoms with Gasteiger partial charge in [-0.2, -0.15) is 0 Å². The molecule has 0 aliphatic carbocycles. The van der Waals surface area contributed by atoms with Crippen molar-refractivity contribution in [1.82, 2.24) is 0 Å². The first kappa shape index (κ1) is 14.6. The van der Waals surface area contributed by atoms with Crippen LogP contribution in [0.4, 0.5) is 5.69 Å². The zero-order valence-corrected chi connectivity index (χ0v) is 13.4. The summed E-state index contributed by atoms with van der Waals surface area (Å²) in [4.78, 5) is 12.7. The van der Waals surface area contributed by atoms with E-state index < -0.39 is 0 Å². The monoisotopic (exact) mass is 375 g/mol. The molecule has 0 aliphatic heterocycles. The molecule has 2 aromatic rings. The van der Waals surface area contributed by atoms with Gasteiger partial charge in [-0.1, -0.05) is 29.3 Å². The third kappa shape index (κ3) is 4.08. The summed E-state index contributed by atoms with van der Waals surface area (Å²) in [5.74, 6) is -0.256. The van der Waals surface area contributed by atoms with Gasteiger partial charge in [0.25, 0.3) is 0 Å². The van der Waals surface area contributed by atoms with Gasteiger partial charge in [-0.15, -0.1) is 11.3 Å². The van der Waals surface area contributed by atoms with Crippen molar-refractivity contribution in [3.8, 4) is 0 Å².